The van der Waals surface area contributed by atoms with Gasteiger partial charge in [0.05, 0.1) is 0 Å². The fourth-order valence-corrected chi connectivity index (χ4v) is 1.91. The van der Waals surface area contributed by atoms with Gasteiger partial charge in [0, 0.05) is 6.04 Å². The lowest BCUT2D eigenvalue weighted by Crippen LogP contribution is -2.14. The summed E-state index contributed by atoms with van der Waals surface area (Å²) in [5, 5.41) is 0. The summed E-state index contributed by atoms with van der Waals surface area (Å²) in [6, 6.07) is 5.11. The van der Waals surface area contributed by atoms with Crippen LogP contribution in [0.5, 0.6) is 0 Å². The van der Waals surface area contributed by atoms with Gasteiger partial charge in [-0.1, -0.05) is 12.1 Å². The number of hydrogen-bond acceptors (Lipinski definition) is 1. The van der Waals surface area contributed by atoms with Gasteiger partial charge < -0.3 is 5.73 Å². The third-order valence-electron chi connectivity index (χ3n) is 2.53. The first-order chi connectivity index (χ1) is 6.66. The van der Waals surface area contributed by atoms with Crippen LogP contribution < -0.4 is 5.73 Å². The van der Waals surface area contributed by atoms with Gasteiger partial charge in [0.15, 0.2) is 0 Å². The predicted molar refractivity (Wildman–Crippen MR) is 56.3 cm³/mol. The maximum Gasteiger partial charge on any atom is 0.123 e. The molecule has 0 amide bonds. The van der Waals surface area contributed by atoms with Crippen molar-refractivity contribution >= 4 is 5.57 Å². The van der Waals surface area contributed by atoms with E-state index in [-0.39, 0.29) is 11.9 Å². The number of nitrogens with two attached hydrogens (primary N) is 1. The van der Waals surface area contributed by atoms with Crippen molar-refractivity contribution in [2.75, 3.05) is 0 Å². The molecule has 14 heavy (non-hydrogen) atoms. The molecule has 0 saturated heterocycles. The second-order valence-corrected chi connectivity index (χ2v) is 3.92. The predicted octanol–water partition coefficient (Wildman–Crippen LogP) is 2.50. The molecule has 2 heteroatoms. The van der Waals surface area contributed by atoms with Crippen LogP contribution in [0.3, 0.4) is 0 Å². The molecule has 0 aromatic heterocycles. The summed E-state index contributed by atoms with van der Waals surface area (Å²) < 4.78 is 13.0. The standard InChI is InChI=1S/C12H14FN/c1-8(14)6-10-3-2-9-4-5-11(13)7-12(9)10/h3-5,7-8H,2,6,14H2,1H3/t8-/m1/s1. The van der Waals surface area contributed by atoms with E-state index in [0.29, 0.717) is 0 Å². The van der Waals surface area contributed by atoms with E-state index in [9.17, 15) is 4.39 Å². The molecule has 1 aliphatic rings. The molecule has 1 aromatic carbocycles. The molecule has 0 unspecified atom stereocenters. The number of hydrogen-bond donors (Lipinski definition) is 1. The van der Waals surface area contributed by atoms with Gasteiger partial charge >= 0.3 is 0 Å². The van der Waals surface area contributed by atoms with Crippen molar-refractivity contribution in [2.24, 2.45) is 5.73 Å². The highest BCUT2D eigenvalue weighted by Gasteiger charge is 2.15. The highest BCUT2D eigenvalue weighted by Crippen LogP contribution is 2.30. The van der Waals surface area contributed by atoms with Gasteiger partial charge in [-0.05, 0) is 48.6 Å². The van der Waals surface area contributed by atoms with Gasteiger partial charge in [-0.25, -0.2) is 4.39 Å². The number of fused-ring (bicyclic) bond motifs is 1. The zero-order valence-electron chi connectivity index (χ0n) is 8.26. The van der Waals surface area contributed by atoms with Crippen molar-refractivity contribution in [3.8, 4) is 0 Å². The molecule has 0 radical (unpaired) electrons. The van der Waals surface area contributed by atoms with Crippen LogP contribution in [0.25, 0.3) is 5.57 Å². The highest BCUT2D eigenvalue weighted by molar-refractivity contribution is 5.73. The second-order valence-electron chi connectivity index (χ2n) is 3.92. The Labute approximate surface area is 83.4 Å². The van der Waals surface area contributed by atoms with E-state index in [4.69, 9.17) is 5.73 Å². The summed E-state index contributed by atoms with van der Waals surface area (Å²) in [5.74, 6) is -0.166. The Morgan fingerprint density at radius 3 is 3.00 bits per heavy atom. The molecule has 2 N–H and O–H groups in total. The Morgan fingerprint density at radius 1 is 1.50 bits per heavy atom. The molecule has 74 valence electrons. The van der Waals surface area contributed by atoms with Crippen LogP contribution in [0.4, 0.5) is 4.39 Å². The fraction of sp³-hybridized carbons (Fsp3) is 0.333. The minimum atomic E-state index is -0.166. The lowest BCUT2D eigenvalue weighted by molar-refractivity contribution is 0.626. The molecule has 2 rings (SSSR count). The smallest absolute Gasteiger partial charge is 0.123 e. The Bertz CT molecular complexity index is 380. The van der Waals surface area contributed by atoms with E-state index < -0.39 is 0 Å². The third kappa shape index (κ3) is 1.70. The van der Waals surface area contributed by atoms with E-state index in [1.807, 2.05) is 13.0 Å². The summed E-state index contributed by atoms with van der Waals surface area (Å²) in [5.41, 5.74) is 9.18. The summed E-state index contributed by atoms with van der Waals surface area (Å²) in [6.07, 6.45) is 3.89. The fourth-order valence-electron chi connectivity index (χ4n) is 1.91. The quantitative estimate of drug-likeness (QED) is 0.763. The zero-order chi connectivity index (χ0) is 10.1. The van der Waals surface area contributed by atoms with Crippen LogP contribution in [0.15, 0.2) is 24.3 Å². The van der Waals surface area contributed by atoms with Gasteiger partial charge in [-0.3, -0.25) is 0 Å². The molecule has 1 atom stereocenters. The number of allylic oxidation sites excluding steroid dienone is 1. The summed E-state index contributed by atoms with van der Waals surface area (Å²) in [4.78, 5) is 0. The van der Waals surface area contributed by atoms with Crippen LogP contribution in [-0.2, 0) is 6.42 Å². The summed E-state index contributed by atoms with van der Waals surface area (Å²) in [6.45, 7) is 1.97. The average Bonchev–Trinajstić information content (AvgIpc) is 2.47. The SMILES string of the molecule is C[C@@H](N)CC1=CCc2ccc(F)cc21. The van der Waals surface area contributed by atoms with Crippen molar-refractivity contribution in [3.63, 3.8) is 0 Å². The van der Waals surface area contributed by atoms with Crippen molar-refractivity contribution in [1.82, 2.24) is 0 Å². The van der Waals surface area contributed by atoms with Crippen LogP contribution >= 0.6 is 0 Å². The van der Waals surface area contributed by atoms with Crippen LogP contribution in [-0.4, -0.2) is 6.04 Å². The van der Waals surface area contributed by atoms with Gasteiger partial charge in [-0.2, -0.15) is 0 Å². The van der Waals surface area contributed by atoms with E-state index in [2.05, 4.69) is 6.08 Å². The monoisotopic (exact) mass is 191 g/mol. The zero-order valence-corrected chi connectivity index (χ0v) is 8.26. The number of rotatable bonds is 2. The molecule has 1 nitrogen and oxygen atoms in total. The molecular formula is C12H14FN. The summed E-state index contributed by atoms with van der Waals surface area (Å²) >= 11 is 0. The van der Waals surface area contributed by atoms with Gasteiger partial charge in [0.1, 0.15) is 5.82 Å². The molecular weight excluding hydrogens is 177 g/mol. The summed E-state index contributed by atoms with van der Waals surface area (Å²) in [7, 11) is 0. The molecule has 1 aromatic rings. The van der Waals surface area contributed by atoms with E-state index in [1.165, 1.54) is 17.2 Å². The van der Waals surface area contributed by atoms with Gasteiger partial charge in [0.2, 0.25) is 0 Å². The van der Waals surface area contributed by atoms with E-state index >= 15 is 0 Å². The maximum atomic E-state index is 13.0. The second kappa shape index (κ2) is 3.54. The first-order valence-corrected chi connectivity index (χ1v) is 4.90. The Kier molecular flexibility index (Phi) is 2.38. The lowest BCUT2D eigenvalue weighted by atomic mass is 10.0. The van der Waals surface area contributed by atoms with Crippen LogP contribution in [0.1, 0.15) is 24.5 Å². The largest absolute Gasteiger partial charge is 0.328 e. The maximum absolute atomic E-state index is 13.0. The van der Waals surface area contributed by atoms with Gasteiger partial charge in [0.25, 0.3) is 0 Å². The van der Waals surface area contributed by atoms with Crippen molar-refractivity contribution in [1.29, 1.82) is 0 Å². The van der Waals surface area contributed by atoms with Crippen LogP contribution in [0, 0.1) is 5.82 Å². The number of halogens is 1. The number of benzene rings is 1. The first kappa shape index (κ1) is 9.41. The lowest BCUT2D eigenvalue weighted by Gasteiger charge is -2.08. The first-order valence-electron chi connectivity index (χ1n) is 4.90. The van der Waals surface area contributed by atoms with Gasteiger partial charge in [-0.15, -0.1) is 0 Å². The minimum Gasteiger partial charge on any atom is -0.328 e. The molecule has 0 fully saturated rings. The Morgan fingerprint density at radius 2 is 2.29 bits per heavy atom. The molecule has 0 heterocycles. The Balaban J connectivity index is 2.31. The van der Waals surface area contributed by atoms with E-state index in [0.717, 1.165) is 18.4 Å². The van der Waals surface area contributed by atoms with Crippen molar-refractivity contribution in [2.45, 2.75) is 25.8 Å². The Hall–Kier alpha value is -1.15. The normalized spacial score (nSPS) is 16.4. The van der Waals surface area contributed by atoms with Crippen LogP contribution in [0.2, 0.25) is 0 Å². The minimum absolute atomic E-state index is 0.135. The molecule has 0 bridgehead atoms. The average molecular weight is 191 g/mol. The highest BCUT2D eigenvalue weighted by atomic mass is 19.1. The van der Waals surface area contributed by atoms with Crippen molar-refractivity contribution in [3.05, 3.63) is 41.2 Å². The molecule has 0 aliphatic heterocycles. The molecule has 0 saturated carbocycles. The van der Waals surface area contributed by atoms with Crippen molar-refractivity contribution < 1.29 is 4.39 Å². The topological polar surface area (TPSA) is 26.0 Å². The third-order valence-corrected chi connectivity index (χ3v) is 2.53. The molecule has 1 aliphatic carbocycles. The van der Waals surface area contributed by atoms with E-state index in [1.54, 1.807) is 6.07 Å². The molecule has 0 spiro atoms.